The molecule has 2 saturated heterocycles. The highest BCUT2D eigenvalue weighted by Gasteiger charge is 2.74. The average Bonchev–Trinajstić information content (AvgIpc) is 3.17. The summed E-state index contributed by atoms with van der Waals surface area (Å²) < 4.78 is 12.3. The smallest absolute Gasteiger partial charge is 0.313 e. The van der Waals surface area contributed by atoms with Gasteiger partial charge in [0, 0.05) is 19.6 Å². The number of aliphatic hydroxyl groups is 1. The summed E-state index contributed by atoms with van der Waals surface area (Å²) in [6, 6.07) is 8.68. The van der Waals surface area contributed by atoms with Gasteiger partial charge in [0.15, 0.2) is 0 Å². The summed E-state index contributed by atoms with van der Waals surface area (Å²) >= 11 is 0. The molecule has 1 aromatic rings. The molecule has 1 spiro atoms. The van der Waals surface area contributed by atoms with Crippen LogP contribution in [0.2, 0.25) is 0 Å². The summed E-state index contributed by atoms with van der Waals surface area (Å²) in [4.78, 5) is 44.3. The van der Waals surface area contributed by atoms with E-state index >= 15 is 0 Å². The van der Waals surface area contributed by atoms with Crippen molar-refractivity contribution in [3.05, 3.63) is 60.2 Å². The zero-order chi connectivity index (χ0) is 24.6. The fourth-order valence-corrected chi connectivity index (χ4v) is 6.14. The van der Waals surface area contributed by atoms with Crippen LogP contribution in [-0.2, 0) is 30.4 Å². The Morgan fingerprint density at radius 2 is 1.83 bits per heavy atom. The van der Waals surface area contributed by atoms with E-state index in [0.29, 0.717) is 13.1 Å². The predicted molar refractivity (Wildman–Crippen MR) is 127 cm³/mol. The zero-order valence-electron chi connectivity index (χ0n) is 20.0. The molecule has 4 aliphatic rings. The number of rotatable bonds is 4. The Bertz CT molecular complexity index is 1060. The first-order chi connectivity index (χ1) is 16.9. The van der Waals surface area contributed by atoms with E-state index in [1.165, 1.54) is 4.90 Å². The number of hydrogen-bond donors (Lipinski definition) is 1. The van der Waals surface area contributed by atoms with Crippen LogP contribution in [0.25, 0.3) is 0 Å². The summed E-state index contributed by atoms with van der Waals surface area (Å²) in [5.41, 5.74) is -1.46. The molecule has 0 radical (unpaired) electrons. The molecule has 1 N–H and O–H groups in total. The van der Waals surface area contributed by atoms with Crippen molar-refractivity contribution >= 4 is 17.8 Å². The Balaban J connectivity index is 1.58. The number of allylic oxidation sites excluding steroid dienone is 1. The van der Waals surface area contributed by atoms with Gasteiger partial charge in [0.25, 0.3) is 0 Å². The quantitative estimate of drug-likeness (QED) is 0.522. The normalized spacial score (nSPS) is 35.7. The first-order valence-corrected chi connectivity index (χ1v) is 12.4. The van der Waals surface area contributed by atoms with Gasteiger partial charge in [-0.3, -0.25) is 14.4 Å². The van der Waals surface area contributed by atoms with E-state index in [2.05, 4.69) is 0 Å². The van der Waals surface area contributed by atoms with E-state index in [-0.39, 0.29) is 31.6 Å². The van der Waals surface area contributed by atoms with Crippen LogP contribution in [0.1, 0.15) is 31.7 Å². The van der Waals surface area contributed by atoms with Crippen molar-refractivity contribution in [3.8, 4) is 0 Å². The number of likely N-dealkylation sites (tertiary alicyclic amines) is 1. The number of nitrogens with zero attached hydrogens (tertiary/aromatic N) is 2. The standard InChI is InChI=1S/C27H32N2O6/c1-26-12-7-2-3-8-17-34-25(33)21(26)20-23(31)29(15-16-30)22-24(32)28(14-9-13-27(20,22)35-26)18-19-10-5-4-6-11-19/h4-7,9-13,20-22,30H,2-3,8,14-18H2,1H3/b12-7-/t20-,21+,22?,26-,27-/m0/s1. The van der Waals surface area contributed by atoms with E-state index < -0.39 is 35.0 Å². The highest BCUT2D eigenvalue weighted by Crippen LogP contribution is 2.57. The molecule has 4 heterocycles. The van der Waals surface area contributed by atoms with Crippen molar-refractivity contribution in [1.29, 1.82) is 0 Å². The van der Waals surface area contributed by atoms with Gasteiger partial charge in [0.1, 0.15) is 17.6 Å². The second kappa shape index (κ2) is 9.24. The molecule has 1 unspecified atom stereocenters. The van der Waals surface area contributed by atoms with Gasteiger partial charge in [-0.05, 0) is 31.7 Å². The first kappa shape index (κ1) is 23.8. The van der Waals surface area contributed by atoms with Gasteiger partial charge in [-0.1, -0.05) is 54.6 Å². The molecule has 8 nitrogen and oxygen atoms in total. The van der Waals surface area contributed by atoms with E-state index in [1.807, 2.05) is 48.6 Å². The molecule has 2 amide bonds. The van der Waals surface area contributed by atoms with Crippen LogP contribution in [0, 0.1) is 11.8 Å². The minimum atomic E-state index is -1.33. The molecule has 35 heavy (non-hydrogen) atoms. The minimum Gasteiger partial charge on any atom is -0.465 e. The summed E-state index contributed by atoms with van der Waals surface area (Å²) in [5, 5.41) is 9.76. The highest BCUT2D eigenvalue weighted by atomic mass is 16.6. The van der Waals surface area contributed by atoms with Gasteiger partial charge in [-0.25, -0.2) is 0 Å². The highest BCUT2D eigenvalue weighted by molar-refractivity contribution is 5.99. The number of cyclic esters (lactones) is 1. The number of esters is 1. The molecule has 4 aliphatic heterocycles. The fourth-order valence-electron chi connectivity index (χ4n) is 6.14. The Labute approximate surface area is 205 Å². The lowest BCUT2D eigenvalue weighted by Crippen LogP contribution is -2.56. The van der Waals surface area contributed by atoms with Gasteiger partial charge >= 0.3 is 5.97 Å². The number of carbonyl (C=O) groups excluding carboxylic acids is 3. The molecule has 2 fully saturated rings. The van der Waals surface area contributed by atoms with Gasteiger partial charge in [-0.2, -0.15) is 0 Å². The third-order valence-electron chi connectivity index (χ3n) is 7.64. The lowest BCUT2D eigenvalue weighted by Gasteiger charge is -2.37. The predicted octanol–water partition coefficient (Wildman–Crippen LogP) is 1.83. The van der Waals surface area contributed by atoms with Gasteiger partial charge in [-0.15, -0.1) is 0 Å². The molecule has 5 rings (SSSR count). The largest absolute Gasteiger partial charge is 0.465 e. The third-order valence-corrected chi connectivity index (χ3v) is 7.64. The molecular weight excluding hydrogens is 448 g/mol. The number of ether oxygens (including phenoxy) is 2. The van der Waals surface area contributed by atoms with Crippen molar-refractivity contribution in [2.24, 2.45) is 11.8 Å². The minimum absolute atomic E-state index is 0.0157. The molecule has 0 bridgehead atoms. The van der Waals surface area contributed by atoms with E-state index in [1.54, 1.807) is 17.9 Å². The number of amides is 2. The maximum Gasteiger partial charge on any atom is 0.313 e. The number of benzene rings is 1. The lowest BCUT2D eigenvalue weighted by molar-refractivity contribution is -0.160. The third kappa shape index (κ3) is 3.89. The van der Waals surface area contributed by atoms with Gasteiger partial charge in [0.05, 0.1) is 24.7 Å². The van der Waals surface area contributed by atoms with E-state index in [9.17, 15) is 19.5 Å². The van der Waals surface area contributed by atoms with Crippen LogP contribution in [-0.4, -0.2) is 76.2 Å². The van der Waals surface area contributed by atoms with E-state index in [0.717, 1.165) is 24.8 Å². The van der Waals surface area contributed by atoms with Crippen LogP contribution >= 0.6 is 0 Å². The maximum atomic E-state index is 14.0. The van der Waals surface area contributed by atoms with Crippen LogP contribution in [0.5, 0.6) is 0 Å². The van der Waals surface area contributed by atoms with Crippen molar-refractivity contribution in [3.63, 3.8) is 0 Å². The van der Waals surface area contributed by atoms with Gasteiger partial charge < -0.3 is 24.4 Å². The first-order valence-electron chi connectivity index (χ1n) is 12.4. The van der Waals surface area contributed by atoms with Crippen LogP contribution < -0.4 is 0 Å². The van der Waals surface area contributed by atoms with E-state index in [4.69, 9.17) is 9.47 Å². The van der Waals surface area contributed by atoms with Crippen molar-refractivity contribution < 1.29 is 29.0 Å². The Morgan fingerprint density at radius 3 is 2.60 bits per heavy atom. The Morgan fingerprint density at radius 1 is 1.03 bits per heavy atom. The number of β-amino-alcohol motifs (C(OH)–C–C–N with tert-alkyl or cyclic N) is 1. The second-order valence-electron chi connectivity index (χ2n) is 9.92. The van der Waals surface area contributed by atoms with Crippen LogP contribution in [0.4, 0.5) is 0 Å². The summed E-state index contributed by atoms with van der Waals surface area (Å²) in [5.74, 6) is -2.91. The van der Waals surface area contributed by atoms with Crippen molar-refractivity contribution in [2.45, 2.75) is 50.0 Å². The second-order valence-corrected chi connectivity index (χ2v) is 9.92. The molecule has 1 aromatic carbocycles. The molecule has 0 aromatic heterocycles. The SMILES string of the molecule is C[C@]12/C=C\CCCCOC(=O)[C@H]1[C@H]1C(=O)N(CCO)C3C(=O)N(Cc4ccccc4)CC=C[C@@]31O2. The number of carbonyl (C=O) groups is 3. The Kier molecular flexibility index (Phi) is 6.27. The van der Waals surface area contributed by atoms with Gasteiger partial charge in [0.2, 0.25) is 11.8 Å². The molecule has 0 aliphatic carbocycles. The number of fused-ring (bicyclic) bond motifs is 2. The number of hydrogen-bond acceptors (Lipinski definition) is 6. The topological polar surface area (TPSA) is 96.4 Å². The Hall–Kier alpha value is -2.97. The molecule has 186 valence electrons. The van der Waals surface area contributed by atoms with Crippen LogP contribution in [0.15, 0.2) is 54.6 Å². The molecule has 8 heteroatoms. The molecular formula is C27H32N2O6. The van der Waals surface area contributed by atoms with Crippen molar-refractivity contribution in [1.82, 2.24) is 9.80 Å². The lowest BCUT2D eigenvalue weighted by atomic mass is 9.74. The van der Waals surface area contributed by atoms with Crippen LogP contribution in [0.3, 0.4) is 0 Å². The monoisotopic (exact) mass is 480 g/mol. The summed E-state index contributed by atoms with van der Waals surface area (Å²) in [6.07, 6.45) is 9.97. The zero-order valence-corrected chi connectivity index (χ0v) is 20.0. The molecule has 0 saturated carbocycles. The summed E-state index contributed by atoms with van der Waals surface area (Å²) in [6.45, 7) is 2.51. The number of aliphatic hydroxyl groups excluding tert-OH is 1. The maximum absolute atomic E-state index is 14.0. The fraction of sp³-hybridized carbons (Fsp3) is 0.519. The summed E-state index contributed by atoms with van der Waals surface area (Å²) in [7, 11) is 0. The molecule has 5 atom stereocenters. The average molecular weight is 481 g/mol. The van der Waals surface area contributed by atoms with Crippen molar-refractivity contribution in [2.75, 3.05) is 26.3 Å².